The Bertz CT molecular complexity index is 742. The van der Waals surface area contributed by atoms with Crippen molar-refractivity contribution in [1.82, 2.24) is 0 Å². The standard InChI is InChI=1S/C16H13NO2/c1-11(17-18)13-7-8-15-14(9-13)10-16(19-15)12-5-3-2-4-6-12/h2-10,18H,1H3/b17-11-. The van der Waals surface area contributed by atoms with Gasteiger partial charge in [-0.15, -0.1) is 0 Å². The minimum Gasteiger partial charge on any atom is -0.456 e. The Labute approximate surface area is 110 Å². The zero-order valence-corrected chi connectivity index (χ0v) is 10.5. The smallest absolute Gasteiger partial charge is 0.135 e. The molecule has 0 unspecified atom stereocenters. The molecule has 1 aromatic heterocycles. The molecule has 3 aromatic rings. The summed E-state index contributed by atoms with van der Waals surface area (Å²) < 4.78 is 5.82. The van der Waals surface area contributed by atoms with E-state index in [9.17, 15) is 0 Å². The molecule has 0 aliphatic rings. The first-order valence-corrected chi connectivity index (χ1v) is 6.06. The zero-order chi connectivity index (χ0) is 13.2. The van der Waals surface area contributed by atoms with Gasteiger partial charge in [-0.05, 0) is 36.8 Å². The van der Waals surface area contributed by atoms with E-state index >= 15 is 0 Å². The van der Waals surface area contributed by atoms with Crippen LogP contribution in [0.15, 0.2) is 64.2 Å². The largest absolute Gasteiger partial charge is 0.456 e. The quantitative estimate of drug-likeness (QED) is 0.419. The highest BCUT2D eigenvalue weighted by Gasteiger charge is 2.07. The van der Waals surface area contributed by atoms with Crippen molar-refractivity contribution in [3.63, 3.8) is 0 Å². The lowest BCUT2D eigenvalue weighted by Gasteiger charge is -1.97. The fourth-order valence-electron chi connectivity index (χ4n) is 2.07. The minimum atomic E-state index is 0.587. The van der Waals surface area contributed by atoms with Crippen LogP contribution in [0.1, 0.15) is 12.5 Å². The topological polar surface area (TPSA) is 45.7 Å². The maximum Gasteiger partial charge on any atom is 0.135 e. The number of benzene rings is 2. The SMILES string of the molecule is C/C(=N/O)c1ccc2oc(-c3ccccc3)cc2c1. The van der Waals surface area contributed by atoms with Crippen LogP contribution in [-0.2, 0) is 0 Å². The number of nitrogens with zero attached hydrogens (tertiary/aromatic N) is 1. The molecule has 1 heterocycles. The molecule has 19 heavy (non-hydrogen) atoms. The molecule has 3 rings (SSSR count). The highest BCUT2D eigenvalue weighted by molar-refractivity contribution is 6.01. The number of oxime groups is 1. The van der Waals surface area contributed by atoms with E-state index in [1.165, 1.54) is 0 Å². The summed E-state index contributed by atoms with van der Waals surface area (Å²) in [6.07, 6.45) is 0. The first kappa shape index (κ1) is 11.5. The lowest BCUT2D eigenvalue weighted by molar-refractivity contribution is 0.319. The molecule has 0 amide bonds. The van der Waals surface area contributed by atoms with Crippen LogP contribution < -0.4 is 0 Å². The summed E-state index contributed by atoms with van der Waals surface area (Å²) in [6.45, 7) is 1.76. The normalized spacial score (nSPS) is 11.9. The Hall–Kier alpha value is -2.55. The van der Waals surface area contributed by atoms with Gasteiger partial charge in [-0.1, -0.05) is 35.5 Å². The van der Waals surface area contributed by atoms with Gasteiger partial charge in [0.1, 0.15) is 11.3 Å². The highest BCUT2D eigenvalue weighted by Crippen LogP contribution is 2.28. The summed E-state index contributed by atoms with van der Waals surface area (Å²) in [6, 6.07) is 17.7. The maximum absolute atomic E-state index is 8.81. The predicted molar refractivity (Wildman–Crippen MR) is 75.6 cm³/mol. The first-order chi connectivity index (χ1) is 9.28. The summed E-state index contributed by atoms with van der Waals surface area (Å²) in [4.78, 5) is 0. The zero-order valence-electron chi connectivity index (χ0n) is 10.5. The van der Waals surface area contributed by atoms with Gasteiger partial charge in [0.25, 0.3) is 0 Å². The first-order valence-electron chi connectivity index (χ1n) is 6.06. The van der Waals surface area contributed by atoms with Crippen LogP contribution >= 0.6 is 0 Å². The van der Waals surface area contributed by atoms with Gasteiger partial charge in [-0.25, -0.2) is 0 Å². The third-order valence-corrected chi connectivity index (χ3v) is 3.14. The van der Waals surface area contributed by atoms with Crippen LogP contribution in [-0.4, -0.2) is 10.9 Å². The van der Waals surface area contributed by atoms with Crippen LogP contribution in [0, 0.1) is 0 Å². The molecule has 0 atom stereocenters. The van der Waals surface area contributed by atoms with Crippen molar-refractivity contribution in [2.45, 2.75) is 6.92 Å². The lowest BCUT2D eigenvalue weighted by atomic mass is 10.1. The second-order valence-corrected chi connectivity index (χ2v) is 4.41. The predicted octanol–water partition coefficient (Wildman–Crippen LogP) is 4.30. The summed E-state index contributed by atoms with van der Waals surface area (Å²) in [7, 11) is 0. The number of hydrogen-bond donors (Lipinski definition) is 1. The summed E-state index contributed by atoms with van der Waals surface area (Å²) in [5, 5.41) is 13.0. The molecule has 0 aliphatic carbocycles. The summed E-state index contributed by atoms with van der Waals surface area (Å²) in [5.41, 5.74) is 3.35. The molecule has 3 nitrogen and oxygen atoms in total. The van der Waals surface area contributed by atoms with Crippen LogP contribution in [0.2, 0.25) is 0 Å². The van der Waals surface area contributed by atoms with E-state index in [4.69, 9.17) is 9.62 Å². The highest BCUT2D eigenvalue weighted by atomic mass is 16.4. The van der Waals surface area contributed by atoms with E-state index < -0.39 is 0 Å². The molecule has 0 spiro atoms. The van der Waals surface area contributed by atoms with Gasteiger partial charge in [0.15, 0.2) is 0 Å². The van der Waals surface area contributed by atoms with Crippen LogP contribution in [0.25, 0.3) is 22.3 Å². The molecule has 94 valence electrons. The van der Waals surface area contributed by atoms with Gasteiger partial charge in [0, 0.05) is 10.9 Å². The van der Waals surface area contributed by atoms with Crippen molar-refractivity contribution in [2.75, 3.05) is 0 Å². The van der Waals surface area contributed by atoms with Gasteiger partial charge in [0.05, 0.1) is 5.71 Å². The van der Waals surface area contributed by atoms with E-state index in [-0.39, 0.29) is 0 Å². The Morgan fingerprint density at radius 2 is 1.84 bits per heavy atom. The molecule has 0 aliphatic heterocycles. The van der Waals surface area contributed by atoms with Crippen molar-refractivity contribution in [1.29, 1.82) is 0 Å². The maximum atomic E-state index is 8.81. The fourth-order valence-corrected chi connectivity index (χ4v) is 2.07. The van der Waals surface area contributed by atoms with Crippen LogP contribution in [0.3, 0.4) is 0 Å². The van der Waals surface area contributed by atoms with E-state index in [0.717, 1.165) is 27.9 Å². The molecule has 2 aromatic carbocycles. The number of fused-ring (bicyclic) bond motifs is 1. The number of furan rings is 1. The van der Waals surface area contributed by atoms with Crippen LogP contribution in [0.4, 0.5) is 0 Å². The number of hydrogen-bond acceptors (Lipinski definition) is 3. The average molecular weight is 251 g/mol. The molecular weight excluding hydrogens is 238 g/mol. The molecule has 0 saturated carbocycles. The third-order valence-electron chi connectivity index (χ3n) is 3.14. The molecule has 0 saturated heterocycles. The second-order valence-electron chi connectivity index (χ2n) is 4.41. The summed E-state index contributed by atoms with van der Waals surface area (Å²) >= 11 is 0. The molecule has 0 fully saturated rings. The van der Waals surface area contributed by atoms with E-state index in [1.807, 2.05) is 54.6 Å². The minimum absolute atomic E-state index is 0.587. The van der Waals surface area contributed by atoms with Gasteiger partial charge in [0.2, 0.25) is 0 Å². The van der Waals surface area contributed by atoms with Gasteiger partial charge in [-0.3, -0.25) is 0 Å². The van der Waals surface area contributed by atoms with Gasteiger partial charge in [-0.2, -0.15) is 0 Å². The van der Waals surface area contributed by atoms with Gasteiger partial charge < -0.3 is 9.62 Å². The van der Waals surface area contributed by atoms with Crippen molar-refractivity contribution in [3.8, 4) is 11.3 Å². The third kappa shape index (κ3) is 2.10. The van der Waals surface area contributed by atoms with Crippen molar-refractivity contribution < 1.29 is 9.62 Å². The Kier molecular flexibility index (Phi) is 2.80. The molecular formula is C16H13NO2. The van der Waals surface area contributed by atoms with Crippen molar-refractivity contribution in [3.05, 3.63) is 60.2 Å². The second kappa shape index (κ2) is 4.61. The Morgan fingerprint density at radius 1 is 1.05 bits per heavy atom. The van der Waals surface area contributed by atoms with Gasteiger partial charge >= 0.3 is 0 Å². The van der Waals surface area contributed by atoms with E-state index in [1.54, 1.807) is 6.92 Å². The molecule has 1 N–H and O–H groups in total. The lowest BCUT2D eigenvalue weighted by Crippen LogP contribution is -1.92. The van der Waals surface area contributed by atoms with E-state index in [0.29, 0.717) is 5.71 Å². The van der Waals surface area contributed by atoms with Crippen LogP contribution in [0.5, 0.6) is 0 Å². The average Bonchev–Trinajstić information content (AvgIpc) is 2.90. The number of rotatable bonds is 2. The Morgan fingerprint density at radius 3 is 2.58 bits per heavy atom. The molecule has 0 bridgehead atoms. The monoisotopic (exact) mass is 251 g/mol. The fraction of sp³-hybridized carbons (Fsp3) is 0.0625. The molecule has 3 heteroatoms. The Balaban J connectivity index is 2.11. The van der Waals surface area contributed by atoms with E-state index in [2.05, 4.69) is 5.16 Å². The molecule has 0 radical (unpaired) electrons. The van der Waals surface area contributed by atoms with Crippen molar-refractivity contribution in [2.24, 2.45) is 5.16 Å². The summed E-state index contributed by atoms with van der Waals surface area (Å²) in [5.74, 6) is 0.839. The van der Waals surface area contributed by atoms with Crippen molar-refractivity contribution >= 4 is 16.7 Å².